The summed E-state index contributed by atoms with van der Waals surface area (Å²) >= 11 is 1.43. The summed E-state index contributed by atoms with van der Waals surface area (Å²) in [5, 5.41) is 7.11. The molecule has 0 aliphatic rings. The SMILES string of the molecule is O=C(NCCNc1nsc2ccccc12)c1ccc(S(=O)(=O)NCc2ccccc2)cc1. The van der Waals surface area contributed by atoms with E-state index >= 15 is 0 Å². The van der Waals surface area contributed by atoms with Gasteiger partial charge in [0.05, 0.1) is 9.60 Å². The molecule has 9 heteroatoms. The molecule has 0 spiro atoms. The van der Waals surface area contributed by atoms with Crippen molar-refractivity contribution in [3.63, 3.8) is 0 Å². The minimum absolute atomic E-state index is 0.113. The fourth-order valence-electron chi connectivity index (χ4n) is 3.12. The molecule has 4 aromatic rings. The van der Waals surface area contributed by atoms with E-state index in [9.17, 15) is 13.2 Å². The number of nitrogens with zero attached hydrogens (tertiary/aromatic N) is 1. The first-order valence-electron chi connectivity index (χ1n) is 10.0. The zero-order valence-electron chi connectivity index (χ0n) is 17.1. The third-order valence-electron chi connectivity index (χ3n) is 4.82. The lowest BCUT2D eigenvalue weighted by Gasteiger charge is -2.09. The van der Waals surface area contributed by atoms with Crippen molar-refractivity contribution in [3.8, 4) is 0 Å². The maximum Gasteiger partial charge on any atom is 0.251 e. The third kappa shape index (κ3) is 5.31. The molecule has 7 nitrogen and oxygen atoms in total. The van der Waals surface area contributed by atoms with Gasteiger partial charge in [0, 0.05) is 30.6 Å². The number of hydrogen-bond acceptors (Lipinski definition) is 6. The Balaban J connectivity index is 1.28. The normalized spacial score (nSPS) is 11.4. The summed E-state index contributed by atoms with van der Waals surface area (Å²) in [6.45, 7) is 1.13. The standard InChI is InChI=1S/C23H22N4O3S2/c28-23(25-15-14-24-22-20-8-4-5-9-21(20)31-27-22)18-10-12-19(13-11-18)32(29,30)26-16-17-6-2-1-3-7-17/h1-13,26H,14-16H2,(H,24,27)(H,25,28). The number of aromatic nitrogens is 1. The number of hydrogen-bond donors (Lipinski definition) is 3. The summed E-state index contributed by atoms with van der Waals surface area (Å²) in [7, 11) is -3.66. The van der Waals surface area contributed by atoms with Gasteiger partial charge in [-0.15, -0.1) is 0 Å². The number of benzene rings is 3. The topological polar surface area (TPSA) is 100 Å². The zero-order chi connectivity index (χ0) is 22.4. The summed E-state index contributed by atoms with van der Waals surface area (Å²) in [4.78, 5) is 12.5. The van der Waals surface area contributed by atoms with Crippen LogP contribution in [-0.4, -0.2) is 31.8 Å². The highest BCUT2D eigenvalue weighted by atomic mass is 32.2. The summed E-state index contributed by atoms with van der Waals surface area (Å²) in [6.07, 6.45) is 0. The summed E-state index contributed by atoms with van der Waals surface area (Å²) in [5.74, 6) is 0.536. The zero-order valence-corrected chi connectivity index (χ0v) is 18.7. The van der Waals surface area contributed by atoms with Crippen LogP contribution < -0.4 is 15.4 Å². The van der Waals surface area contributed by atoms with Gasteiger partial charge in [-0.1, -0.05) is 42.5 Å². The first kappa shape index (κ1) is 21.9. The van der Waals surface area contributed by atoms with Crippen LogP contribution in [0.3, 0.4) is 0 Å². The lowest BCUT2D eigenvalue weighted by atomic mass is 10.2. The molecule has 0 aliphatic carbocycles. The smallest absolute Gasteiger partial charge is 0.251 e. The molecule has 0 unspecified atom stereocenters. The van der Waals surface area contributed by atoms with Gasteiger partial charge in [0.15, 0.2) is 0 Å². The van der Waals surface area contributed by atoms with Gasteiger partial charge in [-0.05, 0) is 53.5 Å². The van der Waals surface area contributed by atoms with Crippen molar-refractivity contribution < 1.29 is 13.2 Å². The van der Waals surface area contributed by atoms with Crippen molar-refractivity contribution in [1.29, 1.82) is 0 Å². The Bertz CT molecular complexity index is 1300. The third-order valence-corrected chi connectivity index (χ3v) is 7.06. The van der Waals surface area contributed by atoms with Gasteiger partial charge in [0.2, 0.25) is 10.0 Å². The number of amides is 1. The van der Waals surface area contributed by atoms with Crippen molar-refractivity contribution in [2.75, 3.05) is 18.4 Å². The molecule has 3 N–H and O–H groups in total. The van der Waals surface area contributed by atoms with Crippen LogP contribution in [0.2, 0.25) is 0 Å². The van der Waals surface area contributed by atoms with Crippen LogP contribution in [0, 0.1) is 0 Å². The molecule has 1 amide bonds. The molecule has 0 atom stereocenters. The maximum absolute atomic E-state index is 12.5. The second-order valence-corrected chi connectivity index (χ2v) is 9.62. The Kier molecular flexibility index (Phi) is 6.79. The first-order valence-corrected chi connectivity index (χ1v) is 12.3. The summed E-state index contributed by atoms with van der Waals surface area (Å²) in [6, 6.07) is 23.1. The number of sulfonamides is 1. The number of fused-ring (bicyclic) bond motifs is 1. The van der Waals surface area contributed by atoms with Crippen LogP contribution >= 0.6 is 11.5 Å². The van der Waals surface area contributed by atoms with Crippen molar-refractivity contribution in [2.45, 2.75) is 11.4 Å². The molecule has 0 aliphatic heterocycles. The fourth-order valence-corrected chi connectivity index (χ4v) is 4.89. The highest BCUT2D eigenvalue weighted by Gasteiger charge is 2.15. The summed E-state index contributed by atoms with van der Waals surface area (Å²) in [5.41, 5.74) is 1.26. The molecule has 164 valence electrons. The maximum atomic E-state index is 12.5. The number of carbonyl (C=O) groups excluding carboxylic acids is 1. The van der Waals surface area contributed by atoms with E-state index in [1.54, 1.807) is 0 Å². The van der Waals surface area contributed by atoms with Crippen molar-refractivity contribution in [1.82, 2.24) is 14.4 Å². The number of anilines is 1. The minimum atomic E-state index is -3.66. The second-order valence-electron chi connectivity index (χ2n) is 7.04. The van der Waals surface area contributed by atoms with E-state index in [2.05, 4.69) is 19.7 Å². The van der Waals surface area contributed by atoms with Crippen LogP contribution in [-0.2, 0) is 16.6 Å². The van der Waals surface area contributed by atoms with E-state index in [4.69, 9.17) is 0 Å². The van der Waals surface area contributed by atoms with E-state index in [1.165, 1.54) is 35.8 Å². The lowest BCUT2D eigenvalue weighted by molar-refractivity contribution is 0.0955. The predicted molar refractivity (Wildman–Crippen MR) is 127 cm³/mol. The molecule has 0 fully saturated rings. The van der Waals surface area contributed by atoms with E-state index in [-0.39, 0.29) is 17.3 Å². The highest BCUT2D eigenvalue weighted by molar-refractivity contribution is 7.89. The molecule has 1 heterocycles. The predicted octanol–water partition coefficient (Wildman–Crippen LogP) is 3.62. The minimum Gasteiger partial charge on any atom is -0.367 e. The molecule has 1 aromatic heterocycles. The molecular formula is C23H22N4O3S2. The number of rotatable bonds is 9. The molecule has 4 rings (SSSR count). The molecular weight excluding hydrogens is 444 g/mol. The van der Waals surface area contributed by atoms with Crippen molar-refractivity contribution in [2.24, 2.45) is 0 Å². The van der Waals surface area contributed by atoms with Gasteiger partial charge in [-0.25, -0.2) is 13.1 Å². The highest BCUT2D eigenvalue weighted by Crippen LogP contribution is 2.25. The number of carbonyl (C=O) groups is 1. The molecule has 32 heavy (non-hydrogen) atoms. The van der Waals surface area contributed by atoms with Crippen molar-refractivity contribution in [3.05, 3.63) is 90.0 Å². The second kappa shape index (κ2) is 9.90. The summed E-state index contributed by atoms with van der Waals surface area (Å²) < 4.78 is 33.0. The molecule has 0 bridgehead atoms. The Morgan fingerprint density at radius 1 is 0.875 bits per heavy atom. The van der Waals surface area contributed by atoms with Crippen LogP contribution in [0.25, 0.3) is 10.1 Å². The van der Waals surface area contributed by atoms with Gasteiger partial charge in [-0.3, -0.25) is 4.79 Å². The Hall–Kier alpha value is -3.27. The average molecular weight is 467 g/mol. The quantitative estimate of drug-likeness (QED) is 0.327. The molecule has 3 aromatic carbocycles. The number of nitrogens with one attached hydrogen (secondary N) is 3. The Morgan fingerprint density at radius 3 is 2.38 bits per heavy atom. The van der Waals surface area contributed by atoms with Gasteiger partial charge < -0.3 is 10.6 Å². The average Bonchev–Trinajstić information content (AvgIpc) is 3.24. The van der Waals surface area contributed by atoms with Crippen LogP contribution in [0.5, 0.6) is 0 Å². The van der Waals surface area contributed by atoms with Crippen LogP contribution in [0.1, 0.15) is 15.9 Å². The Labute approximate surface area is 190 Å². The van der Waals surface area contributed by atoms with E-state index in [1.807, 2.05) is 54.6 Å². The van der Waals surface area contributed by atoms with E-state index in [0.717, 1.165) is 21.5 Å². The lowest BCUT2D eigenvalue weighted by Crippen LogP contribution is -2.29. The molecule has 0 saturated heterocycles. The van der Waals surface area contributed by atoms with Gasteiger partial charge >= 0.3 is 0 Å². The van der Waals surface area contributed by atoms with E-state index in [0.29, 0.717) is 18.7 Å². The van der Waals surface area contributed by atoms with Gasteiger partial charge in [0.25, 0.3) is 5.91 Å². The fraction of sp³-hybridized carbons (Fsp3) is 0.130. The van der Waals surface area contributed by atoms with Gasteiger partial charge in [-0.2, -0.15) is 4.37 Å². The van der Waals surface area contributed by atoms with Gasteiger partial charge in [0.1, 0.15) is 5.82 Å². The largest absolute Gasteiger partial charge is 0.367 e. The van der Waals surface area contributed by atoms with E-state index < -0.39 is 10.0 Å². The van der Waals surface area contributed by atoms with Crippen LogP contribution in [0.15, 0.2) is 83.8 Å². The molecule has 0 radical (unpaired) electrons. The van der Waals surface area contributed by atoms with Crippen LogP contribution in [0.4, 0.5) is 5.82 Å². The first-order chi connectivity index (χ1) is 15.5. The molecule has 0 saturated carbocycles. The van der Waals surface area contributed by atoms with Crippen molar-refractivity contribution >= 4 is 43.4 Å². The monoisotopic (exact) mass is 466 g/mol. The Morgan fingerprint density at radius 2 is 1.59 bits per heavy atom.